The number of carbonyl (C=O) groups excluding carboxylic acids is 1. The molecule has 0 atom stereocenters. The van der Waals surface area contributed by atoms with Crippen molar-refractivity contribution in [3.63, 3.8) is 0 Å². The van der Waals surface area contributed by atoms with Crippen LogP contribution in [0.15, 0.2) is 76.7 Å². The molecule has 3 aromatic rings. The van der Waals surface area contributed by atoms with Crippen LogP contribution in [0.5, 0.6) is 11.5 Å². The Labute approximate surface area is 214 Å². The molecular formula is C25H26N4O7S. The quantitative estimate of drug-likeness (QED) is 0.228. The molecule has 0 fully saturated rings. The number of sulfonamides is 1. The summed E-state index contributed by atoms with van der Waals surface area (Å²) in [7, 11) is -2.90. The number of hydrazone groups is 1. The second kappa shape index (κ2) is 12.0. The summed E-state index contributed by atoms with van der Waals surface area (Å²) in [4.78, 5) is 23.1. The summed E-state index contributed by atoms with van der Waals surface area (Å²) in [6.45, 7) is 3.29. The van der Waals surface area contributed by atoms with E-state index >= 15 is 0 Å². The van der Waals surface area contributed by atoms with Gasteiger partial charge in [0.15, 0.2) is 0 Å². The van der Waals surface area contributed by atoms with Crippen molar-refractivity contribution in [1.29, 1.82) is 0 Å². The highest BCUT2D eigenvalue weighted by atomic mass is 32.2. The van der Waals surface area contributed by atoms with Gasteiger partial charge in [0.25, 0.3) is 21.6 Å². The summed E-state index contributed by atoms with van der Waals surface area (Å²) >= 11 is 0. The van der Waals surface area contributed by atoms with E-state index in [-0.39, 0.29) is 16.3 Å². The molecule has 194 valence electrons. The molecule has 1 amide bonds. The fourth-order valence-electron chi connectivity index (χ4n) is 3.30. The molecule has 0 unspecified atom stereocenters. The van der Waals surface area contributed by atoms with Gasteiger partial charge in [0, 0.05) is 11.6 Å². The van der Waals surface area contributed by atoms with Gasteiger partial charge in [-0.25, -0.2) is 13.8 Å². The van der Waals surface area contributed by atoms with Gasteiger partial charge in [-0.05, 0) is 74.0 Å². The van der Waals surface area contributed by atoms with Gasteiger partial charge in [-0.3, -0.25) is 19.2 Å². The maximum Gasteiger partial charge on any atom is 0.273 e. The normalized spacial score (nSPS) is 11.2. The molecule has 1 N–H and O–H groups in total. The van der Waals surface area contributed by atoms with E-state index in [2.05, 4.69) is 10.5 Å². The SMILES string of the molecule is CCOc1ccc(/C=N\NC(=O)CN(c2ccc(OC)cc2)S(=O)(=O)c2ccc(C)c([N+](=O)[O-])c2)cc1. The summed E-state index contributed by atoms with van der Waals surface area (Å²) < 4.78 is 38.4. The topological polar surface area (TPSA) is 140 Å². The molecule has 0 saturated heterocycles. The van der Waals surface area contributed by atoms with Crippen LogP contribution in [0.4, 0.5) is 11.4 Å². The summed E-state index contributed by atoms with van der Waals surface area (Å²) in [6, 6.07) is 16.6. The molecule has 0 aliphatic carbocycles. The van der Waals surface area contributed by atoms with E-state index in [0.29, 0.717) is 29.2 Å². The van der Waals surface area contributed by atoms with Gasteiger partial charge in [0.05, 0.1) is 35.4 Å². The van der Waals surface area contributed by atoms with Crippen molar-refractivity contribution < 1.29 is 27.6 Å². The van der Waals surface area contributed by atoms with Crippen LogP contribution in [0.25, 0.3) is 0 Å². The number of hydrogen-bond donors (Lipinski definition) is 1. The minimum Gasteiger partial charge on any atom is -0.497 e. The third kappa shape index (κ3) is 6.82. The zero-order valence-corrected chi connectivity index (χ0v) is 21.3. The fourth-order valence-corrected chi connectivity index (χ4v) is 4.74. The number of nitrogens with one attached hydrogen (secondary N) is 1. The number of carbonyl (C=O) groups is 1. The molecule has 0 radical (unpaired) electrons. The third-order valence-electron chi connectivity index (χ3n) is 5.21. The number of anilines is 1. The number of amides is 1. The van der Waals surface area contributed by atoms with Crippen LogP contribution in [-0.2, 0) is 14.8 Å². The second-order valence-electron chi connectivity index (χ2n) is 7.71. The molecule has 12 heteroatoms. The lowest BCUT2D eigenvalue weighted by molar-refractivity contribution is -0.385. The summed E-state index contributed by atoms with van der Waals surface area (Å²) in [5.74, 6) is 0.458. The molecule has 3 aromatic carbocycles. The highest BCUT2D eigenvalue weighted by Gasteiger charge is 2.29. The molecule has 11 nitrogen and oxygen atoms in total. The smallest absolute Gasteiger partial charge is 0.273 e. The predicted octanol–water partition coefficient (Wildman–Crippen LogP) is 3.66. The van der Waals surface area contributed by atoms with Crippen molar-refractivity contribution in [2.75, 3.05) is 24.6 Å². The summed E-state index contributed by atoms with van der Waals surface area (Å²) in [5, 5.41) is 15.3. The predicted molar refractivity (Wildman–Crippen MR) is 139 cm³/mol. The average Bonchev–Trinajstić information content (AvgIpc) is 2.88. The van der Waals surface area contributed by atoms with Gasteiger partial charge in [0.1, 0.15) is 18.0 Å². The van der Waals surface area contributed by atoms with Crippen molar-refractivity contribution >= 4 is 33.5 Å². The van der Waals surface area contributed by atoms with Crippen molar-refractivity contribution in [1.82, 2.24) is 5.43 Å². The zero-order chi connectivity index (χ0) is 27.0. The molecule has 37 heavy (non-hydrogen) atoms. The molecular weight excluding hydrogens is 500 g/mol. The zero-order valence-electron chi connectivity index (χ0n) is 20.5. The Kier molecular flexibility index (Phi) is 8.80. The molecule has 0 bridgehead atoms. The minimum absolute atomic E-state index is 0.162. The molecule has 0 saturated carbocycles. The maximum atomic E-state index is 13.5. The number of hydrogen-bond acceptors (Lipinski definition) is 8. The number of methoxy groups -OCH3 is 1. The van der Waals surface area contributed by atoms with E-state index in [1.807, 2.05) is 6.92 Å². The molecule has 3 rings (SSSR count). The molecule has 0 aliphatic rings. The summed E-state index contributed by atoms with van der Waals surface area (Å²) in [6.07, 6.45) is 1.41. The van der Waals surface area contributed by atoms with Crippen LogP contribution in [0.2, 0.25) is 0 Å². The first-order chi connectivity index (χ1) is 17.6. The Morgan fingerprint density at radius 3 is 2.32 bits per heavy atom. The number of nitrogens with zero attached hydrogens (tertiary/aromatic N) is 3. The highest BCUT2D eigenvalue weighted by Crippen LogP contribution is 2.29. The first-order valence-corrected chi connectivity index (χ1v) is 12.6. The number of nitro groups is 1. The molecule has 0 spiro atoms. The first kappa shape index (κ1) is 27.1. The van der Waals surface area contributed by atoms with E-state index in [4.69, 9.17) is 9.47 Å². The number of aryl methyl sites for hydroxylation is 1. The lowest BCUT2D eigenvalue weighted by atomic mass is 10.2. The number of ether oxygens (including phenoxy) is 2. The summed E-state index contributed by atoms with van der Waals surface area (Å²) in [5.41, 5.74) is 3.13. The van der Waals surface area contributed by atoms with Crippen molar-refractivity contribution in [3.8, 4) is 11.5 Å². The van der Waals surface area contributed by atoms with Crippen molar-refractivity contribution in [2.45, 2.75) is 18.7 Å². The Balaban J connectivity index is 1.86. The molecule has 0 heterocycles. The second-order valence-corrected chi connectivity index (χ2v) is 9.57. The minimum atomic E-state index is -4.37. The Hall–Kier alpha value is -4.45. The number of nitro benzene ring substituents is 1. The van der Waals surface area contributed by atoms with Crippen LogP contribution in [0.1, 0.15) is 18.1 Å². The lowest BCUT2D eigenvalue weighted by Gasteiger charge is -2.24. The van der Waals surface area contributed by atoms with Crippen LogP contribution in [0, 0.1) is 17.0 Å². The van der Waals surface area contributed by atoms with Gasteiger partial charge in [-0.1, -0.05) is 6.07 Å². The Morgan fingerprint density at radius 2 is 1.73 bits per heavy atom. The van der Waals surface area contributed by atoms with Gasteiger partial charge in [0.2, 0.25) is 0 Å². The van der Waals surface area contributed by atoms with Gasteiger partial charge in [-0.2, -0.15) is 5.10 Å². The lowest BCUT2D eigenvalue weighted by Crippen LogP contribution is -2.39. The van der Waals surface area contributed by atoms with Gasteiger partial charge < -0.3 is 9.47 Å². The van der Waals surface area contributed by atoms with Gasteiger partial charge in [-0.15, -0.1) is 0 Å². The van der Waals surface area contributed by atoms with Crippen LogP contribution < -0.4 is 19.2 Å². The van der Waals surface area contributed by atoms with Crippen LogP contribution >= 0.6 is 0 Å². The third-order valence-corrected chi connectivity index (χ3v) is 6.98. The van der Waals surface area contributed by atoms with E-state index in [1.165, 1.54) is 56.6 Å². The van der Waals surface area contributed by atoms with Gasteiger partial charge >= 0.3 is 0 Å². The standard InChI is InChI=1S/C25H26N4O7S/c1-4-36-22-10-6-19(7-11-22)16-26-27-25(30)17-28(20-8-12-21(35-3)13-9-20)37(33,34)23-14-5-18(2)24(15-23)29(31)32/h5-16H,4,17H2,1-3H3,(H,27,30)/b26-16-. The van der Waals surface area contributed by atoms with E-state index in [1.54, 1.807) is 24.3 Å². The maximum absolute atomic E-state index is 13.5. The Morgan fingerprint density at radius 1 is 1.08 bits per heavy atom. The van der Waals surface area contributed by atoms with Crippen molar-refractivity contribution in [3.05, 3.63) is 88.0 Å². The van der Waals surface area contributed by atoms with Crippen LogP contribution in [0.3, 0.4) is 0 Å². The van der Waals surface area contributed by atoms with E-state index in [0.717, 1.165) is 10.4 Å². The van der Waals surface area contributed by atoms with Crippen molar-refractivity contribution in [2.24, 2.45) is 5.10 Å². The monoisotopic (exact) mass is 526 g/mol. The fraction of sp³-hybridized carbons (Fsp3) is 0.200. The largest absolute Gasteiger partial charge is 0.497 e. The Bertz CT molecular complexity index is 1390. The highest BCUT2D eigenvalue weighted by molar-refractivity contribution is 7.92. The number of rotatable bonds is 11. The molecule has 0 aliphatic heterocycles. The average molecular weight is 527 g/mol. The van der Waals surface area contributed by atoms with E-state index in [9.17, 15) is 23.3 Å². The molecule has 0 aromatic heterocycles. The first-order valence-electron chi connectivity index (χ1n) is 11.1. The van der Waals surface area contributed by atoms with Crippen LogP contribution in [-0.4, -0.2) is 45.7 Å². The number of benzene rings is 3. The van der Waals surface area contributed by atoms with E-state index < -0.39 is 27.4 Å².